The van der Waals surface area contributed by atoms with E-state index >= 15 is 0 Å². The van der Waals surface area contributed by atoms with Gasteiger partial charge in [-0.05, 0) is 42.0 Å². The summed E-state index contributed by atoms with van der Waals surface area (Å²) in [4.78, 5) is 12.8. The standard InChI is InChI=1S/C18H16ClN3OS/c1-11-15(17(23)21-14-5-3-2-4-6-14)16(22-18(24)20-11)12-7-9-13(19)10-8-12/h2-10,15-16H,1H2,(H,21,23)(H2,20,22,24). The molecule has 0 spiro atoms. The van der Waals surface area contributed by atoms with Crippen molar-refractivity contribution in [1.29, 1.82) is 0 Å². The molecule has 4 nitrogen and oxygen atoms in total. The second-order valence-corrected chi connectivity index (χ2v) is 6.33. The van der Waals surface area contributed by atoms with Crippen LogP contribution in [0.15, 0.2) is 66.9 Å². The monoisotopic (exact) mass is 357 g/mol. The summed E-state index contributed by atoms with van der Waals surface area (Å²) in [5, 5.41) is 10.1. The van der Waals surface area contributed by atoms with Crippen LogP contribution in [0, 0.1) is 5.92 Å². The maximum absolute atomic E-state index is 12.8. The Kier molecular flexibility index (Phi) is 4.83. The van der Waals surface area contributed by atoms with Crippen molar-refractivity contribution in [2.24, 2.45) is 5.92 Å². The number of anilines is 1. The third kappa shape index (κ3) is 3.58. The van der Waals surface area contributed by atoms with Crippen molar-refractivity contribution in [3.8, 4) is 0 Å². The second-order valence-electron chi connectivity index (χ2n) is 5.49. The second kappa shape index (κ2) is 7.03. The Labute approximate surface area is 150 Å². The molecule has 2 atom stereocenters. The molecule has 1 aliphatic rings. The number of hydrogen-bond donors (Lipinski definition) is 3. The molecule has 0 aliphatic carbocycles. The minimum atomic E-state index is -0.516. The molecule has 24 heavy (non-hydrogen) atoms. The molecule has 3 N–H and O–H groups in total. The van der Waals surface area contributed by atoms with Crippen LogP contribution in [0.2, 0.25) is 5.02 Å². The van der Waals surface area contributed by atoms with Gasteiger partial charge >= 0.3 is 0 Å². The predicted molar refractivity (Wildman–Crippen MR) is 101 cm³/mol. The van der Waals surface area contributed by atoms with Crippen LogP contribution in [-0.2, 0) is 4.79 Å². The molecule has 2 aromatic rings. The van der Waals surface area contributed by atoms with E-state index in [0.29, 0.717) is 15.8 Å². The first-order chi connectivity index (χ1) is 11.5. The predicted octanol–water partition coefficient (Wildman–Crippen LogP) is 3.63. The Balaban J connectivity index is 1.89. The van der Waals surface area contributed by atoms with Gasteiger partial charge in [-0.1, -0.05) is 48.5 Å². The minimum Gasteiger partial charge on any atom is -0.354 e. The SMILES string of the molecule is C=C1NC(=S)NC(c2ccc(Cl)cc2)C1C(=O)Nc1ccccc1. The lowest BCUT2D eigenvalue weighted by atomic mass is 9.88. The van der Waals surface area contributed by atoms with Gasteiger partial charge in [-0.2, -0.15) is 0 Å². The Hall–Kier alpha value is -2.37. The van der Waals surface area contributed by atoms with Crippen LogP contribution in [0.25, 0.3) is 0 Å². The lowest BCUT2D eigenvalue weighted by Gasteiger charge is -2.35. The van der Waals surface area contributed by atoms with Gasteiger partial charge in [0, 0.05) is 16.4 Å². The molecule has 0 bridgehead atoms. The average molecular weight is 358 g/mol. The van der Waals surface area contributed by atoms with Crippen LogP contribution < -0.4 is 16.0 Å². The Bertz CT molecular complexity index is 777. The molecular weight excluding hydrogens is 342 g/mol. The summed E-state index contributed by atoms with van der Waals surface area (Å²) in [5.41, 5.74) is 2.21. The van der Waals surface area contributed by atoms with E-state index in [4.69, 9.17) is 23.8 Å². The largest absolute Gasteiger partial charge is 0.354 e. The summed E-state index contributed by atoms with van der Waals surface area (Å²) in [6.45, 7) is 3.98. The number of hydrogen-bond acceptors (Lipinski definition) is 2. The van der Waals surface area contributed by atoms with Crippen LogP contribution in [0.5, 0.6) is 0 Å². The van der Waals surface area contributed by atoms with Gasteiger partial charge in [-0.25, -0.2) is 0 Å². The van der Waals surface area contributed by atoms with Crippen molar-refractivity contribution in [2.75, 3.05) is 5.32 Å². The first-order valence-electron chi connectivity index (χ1n) is 7.42. The number of benzene rings is 2. The van der Waals surface area contributed by atoms with Gasteiger partial charge in [0.15, 0.2) is 5.11 Å². The number of rotatable bonds is 3. The molecule has 2 unspecified atom stereocenters. The maximum Gasteiger partial charge on any atom is 0.235 e. The lowest BCUT2D eigenvalue weighted by Crippen LogP contribution is -2.51. The molecule has 1 heterocycles. The van der Waals surface area contributed by atoms with Gasteiger partial charge in [0.1, 0.15) is 5.92 Å². The third-order valence-corrected chi connectivity index (χ3v) is 4.29. The fourth-order valence-corrected chi connectivity index (χ4v) is 3.07. The zero-order valence-electron chi connectivity index (χ0n) is 12.8. The zero-order chi connectivity index (χ0) is 17.1. The summed E-state index contributed by atoms with van der Waals surface area (Å²) >= 11 is 11.2. The topological polar surface area (TPSA) is 53.2 Å². The van der Waals surface area contributed by atoms with E-state index < -0.39 is 5.92 Å². The van der Waals surface area contributed by atoms with Crippen LogP contribution in [-0.4, -0.2) is 11.0 Å². The molecule has 1 amide bonds. The summed E-state index contributed by atoms with van der Waals surface area (Å²) in [6, 6.07) is 16.3. The van der Waals surface area contributed by atoms with E-state index in [1.165, 1.54) is 0 Å². The third-order valence-electron chi connectivity index (χ3n) is 3.82. The molecule has 3 rings (SSSR count). The summed E-state index contributed by atoms with van der Waals surface area (Å²) < 4.78 is 0. The van der Waals surface area contributed by atoms with E-state index in [1.54, 1.807) is 12.1 Å². The Morgan fingerprint density at radius 3 is 2.46 bits per heavy atom. The average Bonchev–Trinajstić information content (AvgIpc) is 2.55. The zero-order valence-corrected chi connectivity index (χ0v) is 14.3. The van der Waals surface area contributed by atoms with Crippen LogP contribution in [0.4, 0.5) is 5.69 Å². The lowest BCUT2D eigenvalue weighted by molar-refractivity contribution is -0.119. The van der Waals surface area contributed by atoms with E-state index in [1.807, 2.05) is 42.5 Å². The summed E-state index contributed by atoms with van der Waals surface area (Å²) in [6.07, 6.45) is 0. The smallest absolute Gasteiger partial charge is 0.235 e. The van der Waals surface area contributed by atoms with Gasteiger partial charge in [-0.3, -0.25) is 4.79 Å². The van der Waals surface area contributed by atoms with Crippen LogP contribution in [0.3, 0.4) is 0 Å². The van der Waals surface area contributed by atoms with Gasteiger partial charge < -0.3 is 16.0 Å². The van der Waals surface area contributed by atoms with E-state index in [0.717, 1.165) is 11.3 Å². The molecule has 2 aromatic carbocycles. The molecule has 0 aromatic heterocycles. The fourth-order valence-electron chi connectivity index (χ4n) is 2.68. The van der Waals surface area contributed by atoms with Crippen LogP contribution >= 0.6 is 23.8 Å². The fraction of sp³-hybridized carbons (Fsp3) is 0.111. The number of thiocarbonyl (C=S) groups is 1. The highest BCUT2D eigenvalue weighted by Gasteiger charge is 2.36. The van der Waals surface area contributed by atoms with Crippen molar-refractivity contribution in [1.82, 2.24) is 10.6 Å². The van der Waals surface area contributed by atoms with Gasteiger partial charge in [0.05, 0.1) is 6.04 Å². The number of amides is 1. The highest BCUT2D eigenvalue weighted by atomic mass is 35.5. The van der Waals surface area contributed by atoms with E-state index in [-0.39, 0.29) is 11.9 Å². The minimum absolute atomic E-state index is 0.159. The van der Waals surface area contributed by atoms with Crippen molar-refractivity contribution in [3.63, 3.8) is 0 Å². The van der Waals surface area contributed by atoms with Crippen molar-refractivity contribution in [3.05, 3.63) is 77.5 Å². The van der Waals surface area contributed by atoms with E-state index in [2.05, 4.69) is 22.5 Å². The van der Waals surface area contributed by atoms with Gasteiger partial charge in [0.2, 0.25) is 5.91 Å². The maximum atomic E-state index is 12.8. The molecule has 0 saturated carbocycles. The number of carbonyl (C=O) groups is 1. The van der Waals surface area contributed by atoms with Crippen molar-refractivity contribution >= 4 is 40.5 Å². The molecule has 1 saturated heterocycles. The Morgan fingerprint density at radius 2 is 1.79 bits per heavy atom. The van der Waals surface area contributed by atoms with Gasteiger partial charge in [0.25, 0.3) is 0 Å². The quantitative estimate of drug-likeness (QED) is 0.734. The summed E-state index contributed by atoms with van der Waals surface area (Å²) in [5.74, 6) is -0.674. The van der Waals surface area contributed by atoms with Crippen molar-refractivity contribution < 1.29 is 4.79 Å². The molecule has 1 fully saturated rings. The summed E-state index contributed by atoms with van der Waals surface area (Å²) in [7, 11) is 0. The van der Waals surface area contributed by atoms with Crippen LogP contribution in [0.1, 0.15) is 11.6 Å². The molecular formula is C18H16ClN3OS. The first-order valence-corrected chi connectivity index (χ1v) is 8.21. The molecule has 6 heteroatoms. The molecule has 1 aliphatic heterocycles. The molecule has 0 radical (unpaired) electrons. The highest BCUT2D eigenvalue weighted by Crippen LogP contribution is 2.31. The first kappa shape index (κ1) is 16.5. The number of halogens is 1. The molecule has 122 valence electrons. The number of para-hydroxylation sites is 1. The Morgan fingerprint density at radius 1 is 1.12 bits per heavy atom. The van der Waals surface area contributed by atoms with Gasteiger partial charge in [-0.15, -0.1) is 0 Å². The van der Waals surface area contributed by atoms with E-state index in [9.17, 15) is 4.79 Å². The number of nitrogens with one attached hydrogen (secondary N) is 3. The highest BCUT2D eigenvalue weighted by molar-refractivity contribution is 7.80. The van der Waals surface area contributed by atoms with Crippen molar-refractivity contribution in [2.45, 2.75) is 6.04 Å². The normalized spacial score (nSPS) is 20.0. The number of carbonyl (C=O) groups excluding carboxylic acids is 1.